The molecular weight excluding hydrogens is 472 g/mol. The number of amides is 4. The van der Waals surface area contributed by atoms with Crippen LogP contribution in [0, 0.1) is 13.8 Å². The summed E-state index contributed by atoms with van der Waals surface area (Å²) in [4.78, 5) is 53.9. The number of primary amides is 1. The molecule has 37 heavy (non-hydrogen) atoms. The second kappa shape index (κ2) is 12.9. The van der Waals surface area contributed by atoms with Crippen LogP contribution >= 0.6 is 0 Å². The monoisotopic (exact) mass is 516 g/mol. The normalized spacial score (nSPS) is 16.1. The first-order valence-electron chi connectivity index (χ1n) is 13.2. The van der Waals surface area contributed by atoms with Crippen LogP contribution in [0.25, 0.3) is 0 Å². The Morgan fingerprint density at radius 2 is 1.68 bits per heavy atom. The summed E-state index contributed by atoms with van der Waals surface area (Å²) in [7, 11) is 0. The third-order valence-corrected chi connectivity index (χ3v) is 6.31. The molecule has 0 bridgehead atoms. The number of aryl methyl sites for hydroxylation is 2. The molecule has 3 unspecified atom stereocenters. The van der Waals surface area contributed by atoms with E-state index >= 15 is 0 Å². The highest BCUT2D eigenvalue weighted by Gasteiger charge is 2.42. The lowest BCUT2D eigenvalue weighted by molar-refractivity contribution is -0.148. The average Bonchev–Trinajstić information content (AvgIpc) is 2.68. The van der Waals surface area contributed by atoms with Crippen molar-refractivity contribution in [3.63, 3.8) is 0 Å². The Morgan fingerprint density at radius 1 is 1.08 bits per heavy atom. The minimum Gasteiger partial charge on any atom is -0.444 e. The number of hydrogen-bond donors (Lipinski definition) is 3. The average molecular weight is 517 g/mol. The van der Waals surface area contributed by atoms with Gasteiger partial charge in [0.25, 0.3) is 0 Å². The third kappa shape index (κ3) is 9.05. The van der Waals surface area contributed by atoms with Gasteiger partial charge in [-0.2, -0.15) is 0 Å². The van der Waals surface area contributed by atoms with Crippen molar-refractivity contribution in [1.82, 2.24) is 15.5 Å². The van der Waals surface area contributed by atoms with E-state index in [4.69, 9.17) is 10.5 Å². The quantitative estimate of drug-likeness (QED) is 0.412. The Kier molecular flexibility index (Phi) is 10.5. The number of carbonyl (C=O) groups excluding carboxylic acids is 4. The fourth-order valence-electron chi connectivity index (χ4n) is 4.65. The number of alkyl carbamates (subject to hydrolysis) is 1. The van der Waals surface area contributed by atoms with Crippen LogP contribution in [0.3, 0.4) is 0 Å². The topological polar surface area (TPSA) is 131 Å². The molecule has 1 saturated carbocycles. The molecule has 0 saturated heterocycles. The highest BCUT2D eigenvalue weighted by Crippen LogP contribution is 2.34. The Morgan fingerprint density at radius 3 is 2.14 bits per heavy atom. The highest BCUT2D eigenvalue weighted by atomic mass is 16.6. The molecule has 1 aliphatic rings. The first-order valence-corrected chi connectivity index (χ1v) is 13.2. The van der Waals surface area contributed by atoms with Crippen LogP contribution in [-0.2, 0) is 19.1 Å². The Bertz CT molecular complexity index is 963. The van der Waals surface area contributed by atoms with Crippen LogP contribution in [0.5, 0.6) is 0 Å². The lowest BCUT2D eigenvalue weighted by Gasteiger charge is -2.44. The number of nitrogens with one attached hydrogen (secondary N) is 2. The van der Waals surface area contributed by atoms with E-state index in [9.17, 15) is 19.2 Å². The summed E-state index contributed by atoms with van der Waals surface area (Å²) in [5.74, 6) is -1.56. The molecule has 9 heteroatoms. The van der Waals surface area contributed by atoms with Crippen molar-refractivity contribution in [3.05, 3.63) is 34.9 Å². The first-order chi connectivity index (χ1) is 17.2. The summed E-state index contributed by atoms with van der Waals surface area (Å²) in [5, 5.41) is 5.60. The molecule has 3 atom stereocenters. The first kappa shape index (κ1) is 30.1. The van der Waals surface area contributed by atoms with Crippen LogP contribution in [0.15, 0.2) is 18.2 Å². The molecule has 1 aliphatic carbocycles. The van der Waals surface area contributed by atoms with Gasteiger partial charge in [-0.15, -0.1) is 0 Å². The third-order valence-electron chi connectivity index (χ3n) is 6.31. The van der Waals surface area contributed by atoms with E-state index in [-0.39, 0.29) is 18.0 Å². The van der Waals surface area contributed by atoms with Gasteiger partial charge in [0.15, 0.2) is 0 Å². The van der Waals surface area contributed by atoms with Crippen LogP contribution in [-0.4, -0.2) is 52.4 Å². The number of nitrogens with two attached hydrogens (primary N) is 1. The molecular formula is C28H44N4O5. The lowest BCUT2D eigenvalue weighted by atomic mass is 9.87. The van der Waals surface area contributed by atoms with Crippen LogP contribution < -0.4 is 16.4 Å². The maximum absolute atomic E-state index is 14.1. The van der Waals surface area contributed by atoms with Gasteiger partial charge in [0.1, 0.15) is 17.7 Å². The Balaban J connectivity index is 2.54. The van der Waals surface area contributed by atoms with Gasteiger partial charge >= 0.3 is 6.09 Å². The van der Waals surface area contributed by atoms with Gasteiger partial charge in [-0.3, -0.25) is 14.4 Å². The van der Waals surface area contributed by atoms with Crippen LogP contribution in [0.1, 0.15) is 95.9 Å². The van der Waals surface area contributed by atoms with E-state index in [0.717, 1.165) is 43.2 Å². The molecule has 0 heterocycles. The van der Waals surface area contributed by atoms with Crippen molar-refractivity contribution in [2.45, 2.75) is 117 Å². The van der Waals surface area contributed by atoms with E-state index < -0.39 is 42.0 Å². The fourth-order valence-corrected chi connectivity index (χ4v) is 4.65. The Labute approximate surface area is 220 Å². The maximum Gasteiger partial charge on any atom is 0.408 e. The Hall–Kier alpha value is -3.10. The van der Waals surface area contributed by atoms with Gasteiger partial charge in [-0.25, -0.2) is 4.79 Å². The predicted octanol–water partition coefficient (Wildman–Crippen LogP) is 3.80. The summed E-state index contributed by atoms with van der Waals surface area (Å²) in [5.41, 5.74) is 7.29. The highest BCUT2D eigenvalue weighted by molar-refractivity contribution is 5.95. The summed E-state index contributed by atoms with van der Waals surface area (Å²) in [6.07, 6.45) is 2.83. The SMILES string of the molecule is CCCC(C)NC(=O)C(c1cc(C)cc(C)c1)N(C(=O)C(CC(N)=O)NC(=O)OC(C)(C)C)C1CCC1. The van der Waals surface area contributed by atoms with Crippen LogP contribution in [0.2, 0.25) is 0 Å². The number of ether oxygens (including phenoxy) is 1. The van der Waals surface area contributed by atoms with Gasteiger partial charge in [-0.05, 0) is 72.8 Å². The molecule has 1 fully saturated rings. The van der Waals surface area contributed by atoms with Crippen molar-refractivity contribution < 1.29 is 23.9 Å². The van der Waals surface area contributed by atoms with Crippen molar-refractivity contribution in [3.8, 4) is 0 Å². The molecule has 4 N–H and O–H groups in total. The summed E-state index contributed by atoms with van der Waals surface area (Å²) in [6, 6.07) is 3.35. The maximum atomic E-state index is 14.1. The lowest BCUT2D eigenvalue weighted by Crippen LogP contribution is -2.58. The van der Waals surface area contributed by atoms with E-state index in [1.165, 1.54) is 0 Å². The van der Waals surface area contributed by atoms with Gasteiger partial charge in [0, 0.05) is 12.1 Å². The molecule has 1 aromatic rings. The van der Waals surface area contributed by atoms with E-state index in [0.29, 0.717) is 5.56 Å². The van der Waals surface area contributed by atoms with Gasteiger partial charge in [-0.1, -0.05) is 42.7 Å². The summed E-state index contributed by atoms with van der Waals surface area (Å²) >= 11 is 0. The molecule has 0 aliphatic heterocycles. The molecule has 0 spiro atoms. The summed E-state index contributed by atoms with van der Waals surface area (Å²) < 4.78 is 5.33. The van der Waals surface area contributed by atoms with Gasteiger partial charge < -0.3 is 26.0 Å². The van der Waals surface area contributed by atoms with E-state index in [2.05, 4.69) is 10.6 Å². The zero-order valence-electron chi connectivity index (χ0n) is 23.3. The van der Waals surface area contributed by atoms with Crippen molar-refractivity contribution in [2.75, 3.05) is 0 Å². The molecule has 206 valence electrons. The number of benzene rings is 1. The second-order valence-corrected chi connectivity index (χ2v) is 11.2. The molecule has 0 aromatic heterocycles. The van der Waals surface area contributed by atoms with Gasteiger partial charge in [0.05, 0.1) is 6.42 Å². The zero-order valence-corrected chi connectivity index (χ0v) is 23.3. The van der Waals surface area contributed by atoms with Crippen molar-refractivity contribution >= 4 is 23.8 Å². The minimum absolute atomic E-state index is 0.0782. The molecule has 9 nitrogen and oxygen atoms in total. The van der Waals surface area contributed by atoms with Gasteiger partial charge in [0.2, 0.25) is 17.7 Å². The molecule has 0 radical (unpaired) electrons. The number of hydrogen-bond acceptors (Lipinski definition) is 5. The van der Waals surface area contributed by atoms with Crippen molar-refractivity contribution in [2.24, 2.45) is 5.73 Å². The number of rotatable bonds is 11. The minimum atomic E-state index is -1.26. The van der Waals surface area contributed by atoms with Crippen molar-refractivity contribution in [1.29, 1.82) is 0 Å². The fraction of sp³-hybridized carbons (Fsp3) is 0.643. The van der Waals surface area contributed by atoms with Crippen LogP contribution in [0.4, 0.5) is 4.79 Å². The van der Waals surface area contributed by atoms with E-state index in [1.807, 2.05) is 45.9 Å². The standard InChI is InChI=1S/C28H44N4O5/c1-8-10-19(4)30-25(34)24(20-14-17(2)13-18(3)15-20)32(21-11-9-12-21)26(35)22(16-23(29)33)31-27(36)37-28(5,6)7/h13-15,19,21-22,24H,8-12,16H2,1-7H3,(H2,29,33)(H,30,34)(H,31,36). The van der Waals surface area contributed by atoms with E-state index in [1.54, 1.807) is 25.7 Å². The smallest absolute Gasteiger partial charge is 0.408 e. The molecule has 2 rings (SSSR count). The number of carbonyl (C=O) groups is 4. The largest absolute Gasteiger partial charge is 0.444 e. The second-order valence-electron chi connectivity index (χ2n) is 11.2. The number of nitrogens with zero attached hydrogens (tertiary/aromatic N) is 1. The zero-order chi connectivity index (χ0) is 27.9. The molecule has 4 amide bonds. The predicted molar refractivity (Wildman–Crippen MR) is 143 cm³/mol. The summed E-state index contributed by atoms with van der Waals surface area (Å²) in [6.45, 7) is 13.0. The molecule has 1 aromatic carbocycles.